The molecule has 1 aliphatic heterocycles. The fraction of sp³-hybridized carbons (Fsp3) is 0.308. The van der Waals surface area contributed by atoms with E-state index in [-0.39, 0.29) is 11.6 Å². The van der Waals surface area contributed by atoms with Gasteiger partial charge in [0.25, 0.3) is 5.91 Å². The van der Waals surface area contributed by atoms with Crippen molar-refractivity contribution in [3.05, 3.63) is 42.0 Å². The Morgan fingerprint density at radius 2 is 2.18 bits per heavy atom. The minimum absolute atomic E-state index is 0.221. The van der Waals surface area contributed by atoms with Gasteiger partial charge in [0.2, 0.25) is 0 Å². The molecule has 2 aromatic heterocycles. The first-order valence-electron chi connectivity index (χ1n) is 6.31. The van der Waals surface area contributed by atoms with E-state index < -0.39 is 18.9 Å². The number of fused-ring (bicyclic) bond motifs is 1. The lowest BCUT2D eigenvalue weighted by Gasteiger charge is -2.21. The maximum atomic E-state index is 12.4. The molecule has 3 rings (SSSR count). The molecule has 0 saturated heterocycles. The summed E-state index contributed by atoms with van der Waals surface area (Å²) in [6.45, 7) is -1.22. The van der Waals surface area contributed by atoms with Gasteiger partial charge in [-0.2, -0.15) is 18.3 Å². The molecule has 2 aromatic rings. The van der Waals surface area contributed by atoms with Crippen LogP contribution in [0.4, 0.5) is 18.9 Å². The molecule has 1 amide bonds. The molecule has 9 heteroatoms. The highest BCUT2D eigenvalue weighted by Gasteiger charge is 2.40. The predicted molar refractivity (Wildman–Crippen MR) is 69.1 cm³/mol. The van der Waals surface area contributed by atoms with Gasteiger partial charge in [0.15, 0.2) is 6.23 Å². The van der Waals surface area contributed by atoms with Crippen LogP contribution in [0.3, 0.4) is 0 Å². The number of nitrogens with zero attached hydrogens (tertiary/aromatic N) is 4. The van der Waals surface area contributed by atoms with E-state index in [1.54, 1.807) is 12.1 Å². The van der Waals surface area contributed by atoms with Crippen LogP contribution in [-0.4, -0.2) is 34.0 Å². The molecule has 1 unspecified atom stereocenters. The first-order chi connectivity index (χ1) is 10.4. The van der Waals surface area contributed by atoms with Crippen molar-refractivity contribution >= 4 is 11.6 Å². The van der Waals surface area contributed by atoms with Gasteiger partial charge in [-0.1, -0.05) is 0 Å². The summed E-state index contributed by atoms with van der Waals surface area (Å²) in [5.74, 6) is -0.387. The van der Waals surface area contributed by atoms with Crippen molar-refractivity contribution in [3.63, 3.8) is 0 Å². The smallest absolute Gasteiger partial charge is 0.355 e. The fourth-order valence-electron chi connectivity index (χ4n) is 2.37. The van der Waals surface area contributed by atoms with E-state index in [0.717, 1.165) is 10.9 Å². The zero-order valence-electron chi connectivity index (χ0n) is 11.4. The zero-order chi connectivity index (χ0) is 15.9. The summed E-state index contributed by atoms with van der Waals surface area (Å²) in [6, 6.07) is 3.21. The van der Waals surface area contributed by atoms with Crippen molar-refractivity contribution in [2.75, 3.05) is 12.0 Å². The maximum Gasteiger partial charge on any atom is 0.408 e. The fourth-order valence-corrected chi connectivity index (χ4v) is 2.37. The SMILES string of the molecule is COC1c2ncccc2C(=O)N1c1cnn(CC(F)(F)F)c1. The number of methoxy groups -OCH3 is 1. The van der Waals surface area contributed by atoms with E-state index >= 15 is 0 Å². The number of alkyl halides is 3. The van der Waals surface area contributed by atoms with Crippen molar-refractivity contribution in [3.8, 4) is 0 Å². The topological polar surface area (TPSA) is 60.2 Å². The Morgan fingerprint density at radius 1 is 1.41 bits per heavy atom. The van der Waals surface area contributed by atoms with Gasteiger partial charge < -0.3 is 4.74 Å². The number of hydrogen-bond acceptors (Lipinski definition) is 4. The van der Waals surface area contributed by atoms with E-state index in [1.165, 1.54) is 24.4 Å². The summed E-state index contributed by atoms with van der Waals surface area (Å²) in [5.41, 5.74) is 1.01. The van der Waals surface area contributed by atoms with Crippen LogP contribution in [-0.2, 0) is 11.3 Å². The number of hydrogen-bond donors (Lipinski definition) is 0. The molecule has 1 aliphatic rings. The van der Waals surface area contributed by atoms with E-state index in [9.17, 15) is 18.0 Å². The zero-order valence-corrected chi connectivity index (χ0v) is 11.4. The van der Waals surface area contributed by atoms with Gasteiger partial charge in [-0.25, -0.2) is 0 Å². The number of aromatic nitrogens is 3. The highest BCUT2D eigenvalue weighted by Crippen LogP contribution is 2.36. The second-order valence-electron chi connectivity index (χ2n) is 4.71. The Labute approximate surface area is 123 Å². The summed E-state index contributed by atoms with van der Waals surface area (Å²) < 4.78 is 43.2. The molecule has 3 heterocycles. The van der Waals surface area contributed by atoms with Crippen LogP contribution >= 0.6 is 0 Å². The van der Waals surface area contributed by atoms with E-state index in [0.29, 0.717) is 11.3 Å². The van der Waals surface area contributed by atoms with Crippen LogP contribution < -0.4 is 4.90 Å². The standard InChI is InChI=1S/C13H11F3N4O2/c1-22-12-10-9(3-2-4-17-10)11(21)20(12)8-5-18-19(6-8)7-13(14,15)16/h2-6,12H,7H2,1H3. The molecule has 0 saturated carbocycles. The second-order valence-corrected chi connectivity index (χ2v) is 4.71. The number of rotatable bonds is 3. The van der Waals surface area contributed by atoms with Crippen molar-refractivity contribution in [2.24, 2.45) is 0 Å². The highest BCUT2D eigenvalue weighted by atomic mass is 19.4. The molecule has 0 bridgehead atoms. The van der Waals surface area contributed by atoms with E-state index in [2.05, 4.69) is 10.1 Å². The summed E-state index contributed by atoms with van der Waals surface area (Å²) in [4.78, 5) is 17.8. The van der Waals surface area contributed by atoms with E-state index in [1.807, 2.05) is 0 Å². The Morgan fingerprint density at radius 3 is 2.86 bits per heavy atom. The highest BCUT2D eigenvalue weighted by molar-refractivity contribution is 6.10. The molecule has 6 nitrogen and oxygen atoms in total. The monoisotopic (exact) mass is 312 g/mol. The number of amides is 1. The van der Waals surface area contributed by atoms with Crippen molar-refractivity contribution in [1.29, 1.82) is 0 Å². The molecule has 0 radical (unpaired) electrons. The molecule has 0 fully saturated rings. The van der Waals surface area contributed by atoms with Crippen LogP contribution in [0.25, 0.3) is 0 Å². The Kier molecular flexibility index (Phi) is 3.36. The lowest BCUT2D eigenvalue weighted by Crippen LogP contribution is -2.28. The lowest BCUT2D eigenvalue weighted by atomic mass is 10.2. The molecular weight excluding hydrogens is 301 g/mol. The van der Waals surface area contributed by atoms with Crippen LogP contribution in [0.2, 0.25) is 0 Å². The Hall–Kier alpha value is -2.42. The van der Waals surface area contributed by atoms with Gasteiger partial charge >= 0.3 is 6.18 Å². The van der Waals surface area contributed by atoms with Gasteiger partial charge in [0, 0.05) is 19.5 Å². The van der Waals surface area contributed by atoms with Gasteiger partial charge in [-0.3, -0.25) is 19.4 Å². The summed E-state index contributed by atoms with van der Waals surface area (Å²) in [5, 5.41) is 3.64. The summed E-state index contributed by atoms with van der Waals surface area (Å²) in [7, 11) is 1.40. The van der Waals surface area contributed by atoms with Crippen LogP contribution in [0.15, 0.2) is 30.7 Å². The van der Waals surface area contributed by atoms with Gasteiger partial charge in [0.05, 0.1) is 17.4 Å². The normalized spacial score (nSPS) is 17.9. The Bertz CT molecular complexity index is 713. The first-order valence-corrected chi connectivity index (χ1v) is 6.31. The van der Waals surface area contributed by atoms with Crippen molar-refractivity contribution in [2.45, 2.75) is 18.9 Å². The third kappa shape index (κ3) is 2.43. The van der Waals surface area contributed by atoms with Crippen LogP contribution in [0.1, 0.15) is 22.3 Å². The third-order valence-electron chi connectivity index (χ3n) is 3.22. The largest absolute Gasteiger partial charge is 0.408 e. The predicted octanol–water partition coefficient (Wildman–Crippen LogP) is 2.15. The summed E-state index contributed by atoms with van der Waals surface area (Å²) >= 11 is 0. The van der Waals surface area contributed by atoms with Gasteiger partial charge in [0.1, 0.15) is 12.2 Å². The molecular formula is C13H11F3N4O2. The number of ether oxygens (including phenoxy) is 1. The molecule has 0 spiro atoms. The average Bonchev–Trinajstić information content (AvgIpc) is 3.00. The minimum Gasteiger partial charge on any atom is -0.355 e. The van der Waals surface area contributed by atoms with Gasteiger partial charge in [-0.05, 0) is 12.1 Å². The Balaban J connectivity index is 1.94. The minimum atomic E-state index is -4.39. The van der Waals surface area contributed by atoms with E-state index in [4.69, 9.17) is 4.74 Å². The number of carbonyl (C=O) groups is 1. The summed E-state index contributed by atoms with van der Waals surface area (Å²) in [6.07, 6.45) is -1.30. The first kappa shape index (κ1) is 14.5. The molecule has 1 atom stereocenters. The molecule has 116 valence electrons. The average molecular weight is 312 g/mol. The van der Waals surface area contributed by atoms with Crippen molar-refractivity contribution in [1.82, 2.24) is 14.8 Å². The van der Waals surface area contributed by atoms with Gasteiger partial charge in [-0.15, -0.1) is 0 Å². The van der Waals surface area contributed by atoms with Crippen molar-refractivity contribution < 1.29 is 22.7 Å². The number of carbonyl (C=O) groups excluding carboxylic acids is 1. The number of pyridine rings is 1. The molecule has 0 N–H and O–H groups in total. The second kappa shape index (κ2) is 5.09. The molecule has 22 heavy (non-hydrogen) atoms. The van der Waals surface area contributed by atoms with Crippen LogP contribution in [0, 0.1) is 0 Å². The lowest BCUT2D eigenvalue weighted by molar-refractivity contribution is -0.142. The van der Waals surface area contributed by atoms with Crippen LogP contribution in [0.5, 0.6) is 0 Å². The molecule has 0 aromatic carbocycles. The number of halogens is 3. The number of anilines is 1. The maximum absolute atomic E-state index is 12.4. The molecule has 0 aliphatic carbocycles. The quantitative estimate of drug-likeness (QED) is 0.871. The third-order valence-corrected chi connectivity index (χ3v) is 3.22.